The van der Waals surface area contributed by atoms with Crippen LogP contribution in [0, 0.1) is 17.8 Å². The van der Waals surface area contributed by atoms with Crippen molar-refractivity contribution in [2.45, 2.75) is 58.0 Å². The summed E-state index contributed by atoms with van der Waals surface area (Å²) < 4.78 is 22.8. The highest BCUT2D eigenvalue weighted by Gasteiger charge is 2.32. The fourth-order valence-corrected chi connectivity index (χ4v) is 5.45. The molecule has 106 valence electrons. The first kappa shape index (κ1) is 14.3. The van der Waals surface area contributed by atoms with E-state index in [1.54, 1.807) is 0 Å². The molecule has 0 aromatic carbocycles. The van der Waals surface area contributed by atoms with Gasteiger partial charge in [0.25, 0.3) is 0 Å². The van der Waals surface area contributed by atoms with Crippen molar-refractivity contribution in [2.24, 2.45) is 17.8 Å². The van der Waals surface area contributed by atoms with Gasteiger partial charge in [-0.1, -0.05) is 26.2 Å². The molecule has 1 saturated carbocycles. The van der Waals surface area contributed by atoms with Crippen LogP contribution in [0.2, 0.25) is 0 Å². The van der Waals surface area contributed by atoms with Crippen LogP contribution in [0.3, 0.4) is 0 Å². The maximum Gasteiger partial charge on any atom is 0.150 e. The summed E-state index contributed by atoms with van der Waals surface area (Å²) >= 11 is 0. The van der Waals surface area contributed by atoms with E-state index in [9.17, 15) is 13.5 Å². The second-order valence-corrected chi connectivity index (χ2v) is 8.49. The Morgan fingerprint density at radius 3 is 2.28 bits per heavy atom. The van der Waals surface area contributed by atoms with Crippen molar-refractivity contribution in [3.63, 3.8) is 0 Å². The van der Waals surface area contributed by atoms with E-state index >= 15 is 0 Å². The third kappa shape index (κ3) is 3.70. The Hall–Kier alpha value is -0.0900. The van der Waals surface area contributed by atoms with Crippen LogP contribution in [-0.4, -0.2) is 31.1 Å². The lowest BCUT2D eigenvalue weighted by Crippen LogP contribution is -2.28. The van der Waals surface area contributed by atoms with Crippen molar-refractivity contribution >= 4 is 9.84 Å². The summed E-state index contributed by atoms with van der Waals surface area (Å²) in [5.41, 5.74) is 0. The minimum absolute atomic E-state index is 0.203. The van der Waals surface area contributed by atoms with Crippen molar-refractivity contribution in [2.75, 3.05) is 11.5 Å². The molecule has 1 aliphatic heterocycles. The number of hydrogen-bond acceptors (Lipinski definition) is 3. The van der Waals surface area contributed by atoms with Crippen molar-refractivity contribution < 1.29 is 13.5 Å². The average molecular weight is 274 g/mol. The zero-order chi connectivity index (χ0) is 13.2. The van der Waals surface area contributed by atoms with Crippen molar-refractivity contribution in [1.82, 2.24) is 0 Å². The van der Waals surface area contributed by atoms with Gasteiger partial charge < -0.3 is 5.11 Å². The monoisotopic (exact) mass is 274 g/mol. The van der Waals surface area contributed by atoms with Gasteiger partial charge in [-0.05, 0) is 43.4 Å². The second kappa shape index (κ2) is 5.91. The smallest absolute Gasteiger partial charge is 0.150 e. The maximum atomic E-state index is 11.4. The second-order valence-electron chi connectivity index (χ2n) is 6.26. The molecular weight excluding hydrogens is 248 g/mol. The predicted molar refractivity (Wildman–Crippen MR) is 73.1 cm³/mol. The molecule has 2 rings (SSSR count). The molecule has 0 spiro atoms. The van der Waals surface area contributed by atoms with E-state index in [4.69, 9.17) is 0 Å². The molecule has 0 amide bonds. The molecule has 0 aromatic rings. The number of rotatable bonds is 4. The summed E-state index contributed by atoms with van der Waals surface area (Å²) in [6.45, 7) is 2.24. The largest absolute Gasteiger partial charge is 0.393 e. The van der Waals surface area contributed by atoms with Gasteiger partial charge in [-0.2, -0.15) is 0 Å². The molecule has 0 radical (unpaired) electrons. The lowest BCUT2D eigenvalue weighted by Gasteiger charge is -2.31. The van der Waals surface area contributed by atoms with E-state index in [1.807, 2.05) is 0 Å². The van der Waals surface area contributed by atoms with Crippen LogP contribution in [0.25, 0.3) is 0 Å². The van der Waals surface area contributed by atoms with Crippen LogP contribution >= 0.6 is 0 Å². The first-order valence-electron chi connectivity index (χ1n) is 7.38. The van der Waals surface area contributed by atoms with Crippen LogP contribution in [0.4, 0.5) is 0 Å². The Bertz CT molecular complexity index is 355. The number of aliphatic hydroxyl groups excluding tert-OH is 1. The van der Waals surface area contributed by atoms with Gasteiger partial charge in [0.2, 0.25) is 0 Å². The standard InChI is InChI=1S/C14H26O3S/c1-2-11-3-5-13(6-4-11)14(15)9-12-7-8-18(16,17)10-12/h11-15H,2-10H2,1H3. The first-order valence-corrected chi connectivity index (χ1v) is 9.20. The van der Waals surface area contributed by atoms with E-state index < -0.39 is 9.84 Å². The van der Waals surface area contributed by atoms with E-state index in [1.165, 1.54) is 19.3 Å². The van der Waals surface area contributed by atoms with Crippen molar-refractivity contribution in [1.29, 1.82) is 0 Å². The molecule has 2 aliphatic rings. The molecule has 0 bridgehead atoms. The molecule has 1 aliphatic carbocycles. The van der Waals surface area contributed by atoms with E-state index in [2.05, 4.69) is 6.92 Å². The van der Waals surface area contributed by atoms with Gasteiger partial charge in [-0.25, -0.2) is 8.42 Å². The highest BCUT2D eigenvalue weighted by Crippen LogP contribution is 2.35. The summed E-state index contributed by atoms with van der Waals surface area (Å²) in [5.74, 6) is 2.09. The Balaban J connectivity index is 1.77. The number of sulfone groups is 1. The van der Waals surface area contributed by atoms with Crippen LogP contribution in [0.5, 0.6) is 0 Å². The van der Waals surface area contributed by atoms with Crippen LogP contribution in [0.1, 0.15) is 51.9 Å². The summed E-state index contributed by atoms with van der Waals surface area (Å²) in [6, 6.07) is 0. The lowest BCUT2D eigenvalue weighted by atomic mass is 9.77. The zero-order valence-electron chi connectivity index (χ0n) is 11.3. The van der Waals surface area contributed by atoms with Crippen LogP contribution in [-0.2, 0) is 9.84 Å². The molecule has 2 fully saturated rings. The van der Waals surface area contributed by atoms with Gasteiger partial charge in [0.1, 0.15) is 0 Å². The lowest BCUT2D eigenvalue weighted by molar-refractivity contribution is 0.0555. The molecule has 3 nitrogen and oxygen atoms in total. The number of hydrogen-bond donors (Lipinski definition) is 1. The Labute approximate surface area is 111 Å². The van der Waals surface area contributed by atoms with E-state index in [-0.39, 0.29) is 12.0 Å². The Morgan fingerprint density at radius 2 is 1.78 bits per heavy atom. The maximum absolute atomic E-state index is 11.4. The van der Waals surface area contributed by atoms with Gasteiger partial charge >= 0.3 is 0 Å². The predicted octanol–water partition coefficient (Wildman–Crippen LogP) is 2.39. The van der Waals surface area contributed by atoms with E-state index in [0.717, 1.165) is 25.2 Å². The van der Waals surface area contributed by atoms with Crippen LogP contribution in [0.15, 0.2) is 0 Å². The van der Waals surface area contributed by atoms with Crippen molar-refractivity contribution in [3.8, 4) is 0 Å². The van der Waals surface area contributed by atoms with Crippen molar-refractivity contribution in [3.05, 3.63) is 0 Å². The molecule has 1 heterocycles. The van der Waals surface area contributed by atoms with Gasteiger partial charge in [0.15, 0.2) is 9.84 Å². The summed E-state index contributed by atoms with van der Waals surface area (Å²) in [5, 5.41) is 10.3. The molecule has 0 aromatic heterocycles. The summed E-state index contributed by atoms with van der Waals surface area (Å²) in [7, 11) is -2.80. The third-order valence-electron chi connectivity index (χ3n) is 4.91. The molecule has 18 heavy (non-hydrogen) atoms. The zero-order valence-corrected chi connectivity index (χ0v) is 12.2. The molecular formula is C14H26O3S. The highest BCUT2D eigenvalue weighted by atomic mass is 32.2. The van der Waals surface area contributed by atoms with Crippen LogP contribution < -0.4 is 0 Å². The first-order chi connectivity index (χ1) is 8.50. The fraction of sp³-hybridized carbons (Fsp3) is 1.00. The Morgan fingerprint density at radius 1 is 1.11 bits per heavy atom. The number of aliphatic hydroxyl groups is 1. The minimum atomic E-state index is -2.80. The fourth-order valence-electron chi connectivity index (χ4n) is 3.57. The average Bonchev–Trinajstić information content (AvgIpc) is 2.68. The third-order valence-corrected chi connectivity index (χ3v) is 6.75. The van der Waals surface area contributed by atoms with Gasteiger partial charge in [-0.15, -0.1) is 0 Å². The minimum Gasteiger partial charge on any atom is -0.393 e. The molecule has 2 atom stereocenters. The summed E-state index contributed by atoms with van der Waals surface area (Å²) in [6.07, 6.45) is 7.15. The quantitative estimate of drug-likeness (QED) is 0.856. The van der Waals surface area contributed by atoms with Gasteiger partial charge in [-0.3, -0.25) is 0 Å². The highest BCUT2D eigenvalue weighted by molar-refractivity contribution is 7.91. The molecule has 1 N–H and O–H groups in total. The molecule has 1 saturated heterocycles. The summed E-state index contributed by atoms with van der Waals surface area (Å²) in [4.78, 5) is 0. The molecule has 2 unspecified atom stereocenters. The van der Waals surface area contributed by atoms with E-state index in [0.29, 0.717) is 23.8 Å². The van der Waals surface area contributed by atoms with Gasteiger partial charge in [0.05, 0.1) is 17.6 Å². The molecule has 4 heteroatoms. The normalized spacial score (nSPS) is 37.6. The van der Waals surface area contributed by atoms with Gasteiger partial charge in [0, 0.05) is 0 Å². The topological polar surface area (TPSA) is 54.4 Å². The Kier molecular flexibility index (Phi) is 4.70. The SMILES string of the molecule is CCC1CCC(C(O)CC2CCS(=O)(=O)C2)CC1.